The molecule has 0 aliphatic heterocycles. The van der Waals surface area contributed by atoms with Crippen LogP contribution in [0.1, 0.15) is 28.9 Å². The molecule has 3 rings (SSSR count). The summed E-state index contributed by atoms with van der Waals surface area (Å²) in [4.78, 5) is 12.4. The molecule has 0 spiro atoms. The molecule has 1 aromatic heterocycles. The van der Waals surface area contributed by atoms with Crippen molar-refractivity contribution in [1.82, 2.24) is 5.32 Å². The number of halogens is 1. The molecule has 2 aromatic carbocycles. The summed E-state index contributed by atoms with van der Waals surface area (Å²) in [5.74, 6) is -0.633. The van der Waals surface area contributed by atoms with Gasteiger partial charge >= 0.3 is 0 Å². The lowest BCUT2D eigenvalue weighted by molar-refractivity contribution is 0.0940. The highest BCUT2D eigenvalue weighted by Gasteiger charge is 2.22. The Balaban J connectivity index is 1.71. The van der Waals surface area contributed by atoms with Gasteiger partial charge in [-0.15, -0.1) is 11.3 Å². The number of carbonyl (C=O) groups is 1. The molecule has 8 heteroatoms. The van der Waals surface area contributed by atoms with E-state index in [0.717, 1.165) is 16.9 Å². The minimum atomic E-state index is -3.62. The van der Waals surface area contributed by atoms with E-state index in [0.29, 0.717) is 11.3 Å². The Kier molecular flexibility index (Phi) is 5.81. The van der Waals surface area contributed by atoms with Crippen molar-refractivity contribution >= 4 is 33.0 Å². The lowest BCUT2D eigenvalue weighted by Gasteiger charge is -2.19. The van der Waals surface area contributed by atoms with Crippen molar-refractivity contribution in [2.24, 2.45) is 0 Å². The van der Waals surface area contributed by atoms with Crippen molar-refractivity contribution in [3.05, 3.63) is 83.0 Å². The fraction of sp³-hybridized carbons (Fsp3) is 0.150. The maximum Gasteiger partial charge on any atom is 0.273 e. The number of thiophene rings is 1. The number of nitrogens with zero attached hydrogens (tertiary/aromatic N) is 1. The van der Waals surface area contributed by atoms with Crippen molar-refractivity contribution in [2.45, 2.75) is 17.2 Å². The van der Waals surface area contributed by atoms with Crippen LogP contribution in [0.25, 0.3) is 0 Å². The van der Waals surface area contributed by atoms with Crippen molar-refractivity contribution < 1.29 is 17.6 Å². The maximum atomic E-state index is 13.0. The normalized spacial score (nSPS) is 12.4. The second-order valence-electron chi connectivity index (χ2n) is 6.20. The molecule has 0 aliphatic rings. The summed E-state index contributed by atoms with van der Waals surface area (Å²) in [7, 11) is -2.15. The smallest absolute Gasteiger partial charge is 0.273 e. The van der Waals surface area contributed by atoms with E-state index in [-0.39, 0.29) is 22.0 Å². The summed E-state index contributed by atoms with van der Waals surface area (Å²) in [5, 5.41) is 4.55. The summed E-state index contributed by atoms with van der Waals surface area (Å²) in [5.41, 5.74) is 1.64. The van der Waals surface area contributed by atoms with Crippen LogP contribution in [-0.4, -0.2) is 21.4 Å². The lowest BCUT2D eigenvalue weighted by atomic mass is 10.1. The van der Waals surface area contributed by atoms with E-state index >= 15 is 0 Å². The third-order valence-electron chi connectivity index (χ3n) is 4.32. The molecule has 28 heavy (non-hydrogen) atoms. The Morgan fingerprint density at radius 2 is 1.71 bits per heavy atom. The van der Waals surface area contributed by atoms with Gasteiger partial charge < -0.3 is 5.32 Å². The zero-order chi connectivity index (χ0) is 20.3. The number of hydrogen-bond acceptors (Lipinski definition) is 4. The van der Waals surface area contributed by atoms with Crippen LogP contribution in [0.4, 0.5) is 10.1 Å². The second-order valence-corrected chi connectivity index (χ2v) is 9.34. The first-order valence-electron chi connectivity index (χ1n) is 8.48. The number of carbonyl (C=O) groups excluding carboxylic acids is 1. The highest BCUT2D eigenvalue weighted by atomic mass is 32.2. The number of sulfonamides is 1. The molecule has 146 valence electrons. The van der Waals surface area contributed by atoms with Gasteiger partial charge in [-0.1, -0.05) is 18.2 Å². The second kappa shape index (κ2) is 8.12. The quantitative estimate of drug-likeness (QED) is 0.652. The Labute approximate surface area is 167 Å². The molecule has 1 atom stereocenters. The molecule has 0 aliphatic carbocycles. The van der Waals surface area contributed by atoms with Gasteiger partial charge in [0.2, 0.25) is 0 Å². The van der Waals surface area contributed by atoms with Crippen LogP contribution >= 0.6 is 11.3 Å². The van der Waals surface area contributed by atoms with Crippen LogP contribution < -0.4 is 9.62 Å². The molecule has 0 bridgehead atoms. The van der Waals surface area contributed by atoms with Crippen LogP contribution in [-0.2, 0) is 10.0 Å². The summed E-state index contributed by atoms with van der Waals surface area (Å²) in [6.07, 6.45) is 0. The molecule has 1 N–H and O–H groups in total. The molecule has 1 heterocycles. The van der Waals surface area contributed by atoms with Crippen molar-refractivity contribution in [3.63, 3.8) is 0 Å². The van der Waals surface area contributed by atoms with Crippen LogP contribution in [0.5, 0.6) is 0 Å². The van der Waals surface area contributed by atoms with Crippen LogP contribution in [0.15, 0.2) is 70.3 Å². The molecular weight excluding hydrogens is 399 g/mol. The van der Waals surface area contributed by atoms with E-state index in [1.54, 1.807) is 60.8 Å². The average Bonchev–Trinajstić information content (AvgIpc) is 3.23. The minimum absolute atomic E-state index is 0.255. The fourth-order valence-corrected chi connectivity index (χ4v) is 4.98. The maximum absolute atomic E-state index is 13.0. The van der Waals surface area contributed by atoms with E-state index < -0.39 is 10.0 Å². The first kappa shape index (κ1) is 20.0. The van der Waals surface area contributed by atoms with Gasteiger partial charge in [-0.25, -0.2) is 12.8 Å². The molecule has 0 saturated heterocycles. The SMILES string of the molecule is C[C@@H](NC(=O)c1ccc(N(C)S(=O)(=O)c2cccs2)cc1)c1ccc(F)cc1. The average molecular weight is 419 g/mol. The standard InChI is InChI=1S/C20H19FN2O3S2/c1-14(15-5-9-17(21)10-6-15)22-20(24)16-7-11-18(12-8-16)23(2)28(25,26)19-4-3-13-27-19/h3-14H,1-2H3,(H,22,24)/t14-/m1/s1. The molecule has 1 amide bonds. The van der Waals surface area contributed by atoms with Crippen molar-refractivity contribution in [1.29, 1.82) is 0 Å². The monoisotopic (exact) mass is 418 g/mol. The Bertz CT molecular complexity index is 1050. The fourth-order valence-electron chi connectivity index (χ4n) is 2.62. The van der Waals surface area contributed by atoms with E-state index in [1.165, 1.54) is 23.5 Å². The minimum Gasteiger partial charge on any atom is -0.346 e. The number of amides is 1. The summed E-state index contributed by atoms with van der Waals surface area (Å²) >= 11 is 1.15. The number of rotatable bonds is 6. The van der Waals surface area contributed by atoms with E-state index in [2.05, 4.69) is 5.32 Å². The van der Waals surface area contributed by atoms with E-state index in [4.69, 9.17) is 0 Å². The third-order valence-corrected chi connectivity index (χ3v) is 7.48. The molecule has 0 fully saturated rings. The van der Waals surface area contributed by atoms with Crippen molar-refractivity contribution in [3.8, 4) is 0 Å². The molecule has 0 unspecified atom stereocenters. The van der Waals surface area contributed by atoms with E-state index in [1.807, 2.05) is 0 Å². The van der Waals surface area contributed by atoms with Gasteiger partial charge in [-0.05, 0) is 60.3 Å². The van der Waals surface area contributed by atoms with Gasteiger partial charge in [-0.3, -0.25) is 9.10 Å². The predicted octanol–water partition coefficient (Wildman–Crippen LogP) is 4.20. The molecule has 3 aromatic rings. The Morgan fingerprint density at radius 1 is 1.07 bits per heavy atom. The van der Waals surface area contributed by atoms with E-state index in [9.17, 15) is 17.6 Å². The Hall–Kier alpha value is -2.71. The number of anilines is 1. The highest BCUT2D eigenvalue weighted by Crippen LogP contribution is 2.25. The lowest BCUT2D eigenvalue weighted by Crippen LogP contribution is -2.27. The first-order chi connectivity index (χ1) is 13.3. The molecule has 5 nitrogen and oxygen atoms in total. The topological polar surface area (TPSA) is 66.5 Å². The van der Waals surface area contributed by atoms with Crippen LogP contribution in [0.3, 0.4) is 0 Å². The van der Waals surface area contributed by atoms with Gasteiger partial charge in [0.1, 0.15) is 10.0 Å². The summed E-state index contributed by atoms with van der Waals surface area (Å²) in [6, 6.07) is 15.2. The van der Waals surface area contributed by atoms with Gasteiger partial charge in [0.05, 0.1) is 11.7 Å². The number of nitrogens with one attached hydrogen (secondary N) is 1. The molecule has 0 saturated carbocycles. The van der Waals surface area contributed by atoms with Gasteiger partial charge in [0.25, 0.3) is 15.9 Å². The largest absolute Gasteiger partial charge is 0.346 e. The zero-order valence-electron chi connectivity index (χ0n) is 15.3. The predicted molar refractivity (Wildman–Crippen MR) is 109 cm³/mol. The van der Waals surface area contributed by atoms with Gasteiger partial charge in [0.15, 0.2) is 0 Å². The highest BCUT2D eigenvalue weighted by molar-refractivity contribution is 7.94. The van der Waals surface area contributed by atoms with Crippen LogP contribution in [0, 0.1) is 5.82 Å². The van der Waals surface area contributed by atoms with Crippen molar-refractivity contribution in [2.75, 3.05) is 11.4 Å². The molecule has 0 radical (unpaired) electrons. The zero-order valence-corrected chi connectivity index (χ0v) is 16.9. The molecular formula is C20H19FN2O3S2. The number of benzene rings is 2. The Morgan fingerprint density at radius 3 is 2.29 bits per heavy atom. The first-order valence-corrected chi connectivity index (χ1v) is 10.8. The summed E-state index contributed by atoms with van der Waals surface area (Å²) in [6.45, 7) is 1.81. The summed E-state index contributed by atoms with van der Waals surface area (Å²) < 4.78 is 39.6. The third kappa shape index (κ3) is 4.23. The van der Waals surface area contributed by atoms with Gasteiger partial charge in [-0.2, -0.15) is 0 Å². The van der Waals surface area contributed by atoms with Crippen LogP contribution in [0.2, 0.25) is 0 Å². The number of hydrogen-bond donors (Lipinski definition) is 1. The van der Waals surface area contributed by atoms with Gasteiger partial charge in [0, 0.05) is 12.6 Å².